The van der Waals surface area contributed by atoms with E-state index in [4.69, 9.17) is 25.2 Å². The van der Waals surface area contributed by atoms with E-state index in [0.717, 1.165) is 13.2 Å². The Morgan fingerprint density at radius 1 is 0.870 bits per heavy atom. The molecule has 0 spiro atoms. The third kappa shape index (κ3) is 74.1. The Hall–Kier alpha value is -0.480. The van der Waals surface area contributed by atoms with Gasteiger partial charge in [0.15, 0.2) is 0 Å². The molecule has 0 aromatic heterocycles. The topological polar surface area (TPSA) is 124 Å². The lowest BCUT2D eigenvalue weighted by atomic mass is 10.2. The first-order valence-electron chi connectivity index (χ1n) is 7.32. The van der Waals surface area contributed by atoms with Gasteiger partial charge in [0.05, 0.1) is 24.7 Å². The summed E-state index contributed by atoms with van der Waals surface area (Å²) in [6.45, 7) is 5.84. The van der Waals surface area contributed by atoms with Crippen LogP contribution in [0.25, 0.3) is 0 Å². The normalized spacial score (nSPS) is 8.43. The van der Waals surface area contributed by atoms with E-state index in [1.165, 1.54) is 25.7 Å². The molecule has 142 valence electrons. The van der Waals surface area contributed by atoms with Gasteiger partial charge in [-0.2, -0.15) is 25.3 Å². The summed E-state index contributed by atoms with van der Waals surface area (Å²) in [5.74, 6) is -1.93. The van der Waals surface area contributed by atoms with Gasteiger partial charge in [-0.05, 0) is 13.3 Å². The van der Waals surface area contributed by atoms with Gasteiger partial charge in [0.2, 0.25) is 0 Å². The van der Waals surface area contributed by atoms with Crippen LogP contribution in [-0.2, 0) is 14.3 Å². The molecule has 0 heterocycles. The third-order valence-corrected chi connectivity index (χ3v) is 2.26. The van der Waals surface area contributed by atoms with E-state index in [1.54, 1.807) is 0 Å². The van der Waals surface area contributed by atoms with E-state index < -0.39 is 11.9 Å². The highest BCUT2D eigenvalue weighted by molar-refractivity contribution is 7.81. The van der Waals surface area contributed by atoms with E-state index in [0.29, 0.717) is 0 Å². The summed E-state index contributed by atoms with van der Waals surface area (Å²) < 4.78 is 5.18. The Labute approximate surface area is 149 Å². The van der Waals surface area contributed by atoms with Crippen molar-refractivity contribution in [3.8, 4) is 0 Å². The Kier molecular flexibility index (Phi) is 43.9. The Morgan fingerprint density at radius 2 is 1.26 bits per heavy atom. The minimum atomic E-state index is -0.881. The molecule has 0 radical (unpaired) electrons. The zero-order valence-electron chi connectivity index (χ0n) is 14.0. The first kappa shape index (κ1) is 30.4. The van der Waals surface area contributed by atoms with E-state index in [1.807, 2.05) is 6.92 Å². The number of aliphatic hydroxyl groups is 2. The van der Waals surface area contributed by atoms with Crippen LogP contribution in [0.3, 0.4) is 0 Å². The molecule has 0 saturated heterocycles. The SMILES string of the molecule is CCCCCCOCC.O=C(O)CS.O=C(O)CS.OCCO. The van der Waals surface area contributed by atoms with E-state index in [2.05, 4.69) is 32.2 Å². The number of carbonyl (C=O) groups is 2. The van der Waals surface area contributed by atoms with E-state index >= 15 is 0 Å². The monoisotopic (exact) mass is 376 g/mol. The quantitative estimate of drug-likeness (QED) is 0.267. The second-order valence-corrected chi connectivity index (χ2v) is 4.44. The average molecular weight is 377 g/mol. The zero-order chi connectivity index (χ0) is 18.9. The summed E-state index contributed by atoms with van der Waals surface area (Å²) in [5, 5.41) is 30.5. The molecule has 7 nitrogen and oxygen atoms in total. The molecule has 0 atom stereocenters. The van der Waals surface area contributed by atoms with Crippen LogP contribution in [0.4, 0.5) is 0 Å². The fraction of sp³-hybridized carbons (Fsp3) is 0.857. The van der Waals surface area contributed by atoms with Crippen LogP contribution in [0.1, 0.15) is 39.5 Å². The summed E-state index contributed by atoms with van der Waals surface area (Å²) in [5.41, 5.74) is 0. The number of carboxylic acid groups (broad SMARTS) is 2. The van der Waals surface area contributed by atoms with Gasteiger partial charge < -0.3 is 25.2 Å². The number of rotatable bonds is 9. The second kappa shape index (κ2) is 33.2. The van der Waals surface area contributed by atoms with Crippen LogP contribution in [0.15, 0.2) is 0 Å². The standard InChI is InChI=1S/C8H18O.2C2H4O2S.C2H6O2/c1-3-5-6-7-8-9-4-2;2*3-2(4)1-5;3-1-2-4/h3-8H2,1-2H3;2*5H,1H2,(H,3,4);3-4H,1-2H2. The molecular formula is C14H32O7S2. The highest BCUT2D eigenvalue weighted by Gasteiger charge is 1.85. The zero-order valence-corrected chi connectivity index (χ0v) is 15.8. The minimum Gasteiger partial charge on any atom is -0.481 e. The van der Waals surface area contributed by atoms with Crippen molar-refractivity contribution in [1.82, 2.24) is 0 Å². The molecule has 0 aliphatic rings. The molecule has 0 bridgehead atoms. The van der Waals surface area contributed by atoms with Gasteiger partial charge in [0.25, 0.3) is 0 Å². The summed E-state index contributed by atoms with van der Waals surface area (Å²) in [4.78, 5) is 18.6. The van der Waals surface area contributed by atoms with Gasteiger partial charge in [0.1, 0.15) is 0 Å². The van der Waals surface area contributed by atoms with Crippen molar-refractivity contribution < 1.29 is 34.8 Å². The van der Waals surface area contributed by atoms with E-state index in [-0.39, 0.29) is 24.7 Å². The lowest BCUT2D eigenvalue weighted by Crippen LogP contribution is -1.92. The van der Waals surface area contributed by atoms with Crippen LogP contribution in [0.5, 0.6) is 0 Å². The van der Waals surface area contributed by atoms with E-state index in [9.17, 15) is 9.59 Å². The smallest absolute Gasteiger partial charge is 0.313 e. The van der Waals surface area contributed by atoms with Crippen LogP contribution < -0.4 is 0 Å². The van der Waals surface area contributed by atoms with Crippen molar-refractivity contribution in [3.05, 3.63) is 0 Å². The summed E-state index contributed by atoms with van der Waals surface area (Å²) >= 11 is 6.83. The number of hydrogen-bond donors (Lipinski definition) is 6. The predicted molar refractivity (Wildman–Crippen MR) is 97.8 cm³/mol. The highest BCUT2D eigenvalue weighted by atomic mass is 32.1. The number of ether oxygens (including phenoxy) is 1. The molecule has 0 amide bonds. The number of hydrogen-bond acceptors (Lipinski definition) is 7. The van der Waals surface area contributed by atoms with Crippen molar-refractivity contribution in [2.75, 3.05) is 37.9 Å². The lowest BCUT2D eigenvalue weighted by Gasteiger charge is -1.98. The fourth-order valence-corrected chi connectivity index (χ4v) is 0.775. The van der Waals surface area contributed by atoms with Gasteiger partial charge in [-0.15, -0.1) is 0 Å². The molecule has 0 aromatic carbocycles. The molecule has 0 saturated carbocycles. The largest absolute Gasteiger partial charge is 0.481 e. The third-order valence-electron chi connectivity index (χ3n) is 1.72. The van der Waals surface area contributed by atoms with Crippen LogP contribution in [-0.4, -0.2) is 70.3 Å². The van der Waals surface area contributed by atoms with Crippen molar-refractivity contribution in [1.29, 1.82) is 0 Å². The number of aliphatic hydroxyl groups excluding tert-OH is 2. The second-order valence-electron chi connectivity index (χ2n) is 3.81. The van der Waals surface area contributed by atoms with Crippen molar-refractivity contribution in [3.63, 3.8) is 0 Å². The van der Waals surface area contributed by atoms with Gasteiger partial charge in [-0.1, -0.05) is 26.2 Å². The molecule has 0 aliphatic carbocycles. The molecular weight excluding hydrogens is 344 g/mol. The highest BCUT2D eigenvalue weighted by Crippen LogP contribution is 1.98. The van der Waals surface area contributed by atoms with Crippen LogP contribution in [0, 0.1) is 0 Å². The number of aliphatic carboxylic acids is 2. The summed E-state index contributed by atoms with van der Waals surface area (Å²) in [6, 6.07) is 0. The Balaban J connectivity index is -0.000000112. The first-order chi connectivity index (χ1) is 10.9. The maximum atomic E-state index is 9.29. The van der Waals surface area contributed by atoms with Gasteiger partial charge in [-0.25, -0.2) is 0 Å². The fourth-order valence-electron chi connectivity index (χ4n) is 0.775. The molecule has 0 aromatic rings. The molecule has 0 aliphatic heterocycles. The van der Waals surface area contributed by atoms with Crippen LogP contribution in [0.2, 0.25) is 0 Å². The molecule has 0 fully saturated rings. The predicted octanol–water partition coefficient (Wildman–Crippen LogP) is 1.58. The first-order valence-corrected chi connectivity index (χ1v) is 8.58. The maximum absolute atomic E-state index is 9.29. The van der Waals surface area contributed by atoms with Crippen LogP contribution >= 0.6 is 25.3 Å². The molecule has 4 N–H and O–H groups in total. The summed E-state index contributed by atoms with van der Waals surface area (Å²) in [7, 11) is 0. The van der Waals surface area contributed by atoms with Crippen molar-refractivity contribution >= 4 is 37.2 Å². The van der Waals surface area contributed by atoms with Gasteiger partial charge >= 0.3 is 11.9 Å². The molecule has 0 unspecified atom stereocenters. The van der Waals surface area contributed by atoms with Crippen molar-refractivity contribution in [2.24, 2.45) is 0 Å². The number of thiol groups is 2. The van der Waals surface area contributed by atoms with Gasteiger partial charge in [-0.3, -0.25) is 9.59 Å². The Morgan fingerprint density at radius 3 is 1.48 bits per heavy atom. The van der Waals surface area contributed by atoms with Gasteiger partial charge in [0, 0.05) is 13.2 Å². The Bertz CT molecular complexity index is 207. The molecule has 9 heteroatoms. The maximum Gasteiger partial charge on any atom is 0.313 e. The average Bonchev–Trinajstić information content (AvgIpc) is 2.56. The molecule has 0 rings (SSSR count). The number of carboxylic acids is 2. The van der Waals surface area contributed by atoms with Crippen molar-refractivity contribution in [2.45, 2.75) is 39.5 Å². The minimum absolute atomic E-state index is 0.0833. The summed E-state index contributed by atoms with van der Waals surface area (Å²) in [6.07, 6.45) is 5.23. The number of unbranched alkanes of at least 4 members (excludes halogenated alkanes) is 3. The lowest BCUT2D eigenvalue weighted by molar-refractivity contribution is -0.134. The molecule has 23 heavy (non-hydrogen) atoms.